The zero-order valence-electron chi connectivity index (χ0n) is 11.2. The van der Waals surface area contributed by atoms with Crippen molar-refractivity contribution in [3.63, 3.8) is 0 Å². The van der Waals surface area contributed by atoms with Crippen LogP contribution in [0.15, 0.2) is 30.3 Å². The maximum atomic E-state index is 5.61. The van der Waals surface area contributed by atoms with Gasteiger partial charge in [0.1, 0.15) is 5.60 Å². The minimum absolute atomic E-state index is 0.256. The van der Waals surface area contributed by atoms with E-state index in [-0.39, 0.29) is 11.7 Å². The van der Waals surface area contributed by atoms with Crippen LogP contribution in [-0.2, 0) is 15.4 Å². The fourth-order valence-corrected chi connectivity index (χ4v) is 4.00. The molecule has 17 heavy (non-hydrogen) atoms. The van der Waals surface area contributed by atoms with Crippen molar-refractivity contribution >= 4 is 8.07 Å². The lowest BCUT2D eigenvalue weighted by atomic mass is 9.91. The van der Waals surface area contributed by atoms with Gasteiger partial charge in [0.25, 0.3) is 0 Å². The Bertz CT molecular complexity index is 372. The van der Waals surface area contributed by atoms with Crippen LogP contribution in [0.3, 0.4) is 0 Å². The predicted octanol–water partition coefficient (Wildman–Crippen LogP) is 3.96. The molecular formula is C14H22O2Si. The molecule has 2 nitrogen and oxygen atoms in total. The molecule has 94 valence electrons. The molecule has 1 saturated heterocycles. The van der Waals surface area contributed by atoms with Crippen LogP contribution in [0.5, 0.6) is 0 Å². The average molecular weight is 250 g/mol. The summed E-state index contributed by atoms with van der Waals surface area (Å²) < 4.78 is 0. The second kappa shape index (κ2) is 4.56. The Balaban J connectivity index is 2.06. The van der Waals surface area contributed by atoms with Gasteiger partial charge in [-0.15, -0.1) is 0 Å². The minimum atomic E-state index is -1.09. The van der Waals surface area contributed by atoms with Crippen molar-refractivity contribution < 1.29 is 9.78 Å². The molecule has 0 saturated carbocycles. The molecule has 0 N–H and O–H groups in total. The van der Waals surface area contributed by atoms with Crippen LogP contribution < -0.4 is 0 Å². The van der Waals surface area contributed by atoms with E-state index in [1.165, 1.54) is 5.56 Å². The molecule has 1 aliphatic rings. The van der Waals surface area contributed by atoms with Crippen LogP contribution in [-0.4, -0.2) is 14.2 Å². The van der Waals surface area contributed by atoms with E-state index in [1.54, 1.807) is 0 Å². The minimum Gasteiger partial charge on any atom is -0.233 e. The fraction of sp³-hybridized carbons (Fsp3) is 0.571. The van der Waals surface area contributed by atoms with Crippen LogP contribution >= 0.6 is 0 Å². The summed E-state index contributed by atoms with van der Waals surface area (Å²) >= 11 is 0. The first kappa shape index (κ1) is 12.8. The summed E-state index contributed by atoms with van der Waals surface area (Å²) in [6.45, 7) is 9.23. The Labute approximate surface area is 105 Å². The van der Waals surface area contributed by atoms with Gasteiger partial charge in [0.2, 0.25) is 0 Å². The number of hydrogen-bond acceptors (Lipinski definition) is 2. The zero-order valence-corrected chi connectivity index (χ0v) is 12.2. The van der Waals surface area contributed by atoms with E-state index in [4.69, 9.17) is 9.78 Å². The van der Waals surface area contributed by atoms with Crippen LogP contribution in [0.1, 0.15) is 18.9 Å². The molecule has 1 aliphatic heterocycles. The highest BCUT2D eigenvalue weighted by Gasteiger charge is 2.41. The Morgan fingerprint density at radius 3 is 2.47 bits per heavy atom. The van der Waals surface area contributed by atoms with E-state index in [0.29, 0.717) is 0 Å². The molecule has 0 aromatic heterocycles. The lowest BCUT2D eigenvalue weighted by Gasteiger charge is -2.21. The van der Waals surface area contributed by atoms with Crippen molar-refractivity contribution in [2.45, 2.75) is 50.7 Å². The Kier molecular flexibility index (Phi) is 3.43. The van der Waals surface area contributed by atoms with E-state index < -0.39 is 8.07 Å². The average Bonchev–Trinajstić information content (AvgIpc) is 2.60. The highest BCUT2D eigenvalue weighted by atomic mass is 28.3. The van der Waals surface area contributed by atoms with Crippen LogP contribution in [0.4, 0.5) is 0 Å². The van der Waals surface area contributed by atoms with Crippen LogP contribution in [0.2, 0.25) is 25.7 Å². The Morgan fingerprint density at radius 2 is 1.88 bits per heavy atom. The van der Waals surface area contributed by atoms with E-state index in [9.17, 15) is 0 Å². The number of hydrogen-bond donors (Lipinski definition) is 0. The van der Waals surface area contributed by atoms with Gasteiger partial charge >= 0.3 is 0 Å². The summed E-state index contributed by atoms with van der Waals surface area (Å²) in [5.74, 6) is 0. The molecule has 1 aromatic carbocycles. The van der Waals surface area contributed by atoms with E-state index in [2.05, 4.69) is 50.8 Å². The molecule has 2 rings (SSSR count). The van der Waals surface area contributed by atoms with Crippen molar-refractivity contribution in [2.75, 3.05) is 0 Å². The molecule has 0 amide bonds. The largest absolute Gasteiger partial charge is 0.233 e. The van der Waals surface area contributed by atoms with Crippen molar-refractivity contribution in [1.82, 2.24) is 0 Å². The maximum Gasteiger partial charge on any atom is 0.128 e. The van der Waals surface area contributed by atoms with Gasteiger partial charge in [0, 0.05) is 14.5 Å². The first-order valence-corrected chi connectivity index (χ1v) is 10.00. The molecule has 0 spiro atoms. The number of benzene rings is 1. The first-order valence-electron chi connectivity index (χ1n) is 6.29. The van der Waals surface area contributed by atoms with Crippen molar-refractivity contribution in [1.29, 1.82) is 0 Å². The summed E-state index contributed by atoms with van der Waals surface area (Å²) in [6.07, 6.45) is 1.22. The van der Waals surface area contributed by atoms with Gasteiger partial charge in [0.15, 0.2) is 0 Å². The van der Waals surface area contributed by atoms with E-state index in [0.717, 1.165) is 12.5 Å². The third kappa shape index (κ3) is 3.18. The zero-order chi connectivity index (χ0) is 12.5. The SMILES string of the molecule is CC1(c2ccccc2)CC(C[Si](C)(C)C)OO1. The normalized spacial score (nSPS) is 29.5. The molecule has 1 fully saturated rings. The van der Waals surface area contributed by atoms with Gasteiger partial charge in [-0.3, -0.25) is 0 Å². The van der Waals surface area contributed by atoms with Crippen LogP contribution in [0, 0.1) is 0 Å². The molecule has 0 radical (unpaired) electrons. The first-order chi connectivity index (χ1) is 7.89. The Morgan fingerprint density at radius 1 is 1.24 bits per heavy atom. The standard InChI is InChI=1S/C14H22O2Si/c1-14(12-8-6-5-7-9-12)10-13(15-16-14)11-17(2,3)4/h5-9,13H,10-11H2,1-4H3. The van der Waals surface area contributed by atoms with Crippen molar-refractivity contribution in [2.24, 2.45) is 0 Å². The highest BCUT2D eigenvalue weighted by Crippen LogP contribution is 2.39. The fourth-order valence-electron chi connectivity index (χ4n) is 2.42. The molecule has 2 atom stereocenters. The topological polar surface area (TPSA) is 18.5 Å². The smallest absolute Gasteiger partial charge is 0.128 e. The Hall–Kier alpha value is -0.643. The van der Waals surface area contributed by atoms with Gasteiger partial charge in [-0.1, -0.05) is 50.0 Å². The van der Waals surface area contributed by atoms with Gasteiger partial charge < -0.3 is 0 Å². The molecule has 1 heterocycles. The van der Waals surface area contributed by atoms with E-state index >= 15 is 0 Å². The number of rotatable bonds is 3. The van der Waals surface area contributed by atoms with Gasteiger partial charge in [-0.2, -0.15) is 0 Å². The summed E-state index contributed by atoms with van der Waals surface area (Å²) in [6, 6.07) is 11.5. The summed E-state index contributed by atoms with van der Waals surface area (Å²) in [4.78, 5) is 11.1. The molecule has 3 heteroatoms. The molecular weight excluding hydrogens is 228 g/mol. The van der Waals surface area contributed by atoms with Crippen molar-refractivity contribution in [3.8, 4) is 0 Å². The quantitative estimate of drug-likeness (QED) is 0.597. The van der Waals surface area contributed by atoms with Gasteiger partial charge in [0.05, 0.1) is 6.10 Å². The van der Waals surface area contributed by atoms with Gasteiger partial charge in [-0.05, 0) is 18.5 Å². The predicted molar refractivity (Wildman–Crippen MR) is 72.5 cm³/mol. The van der Waals surface area contributed by atoms with E-state index in [1.807, 2.05) is 6.07 Å². The lowest BCUT2D eigenvalue weighted by molar-refractivity contribution is -0.324. The lowest BCUT2D eigenvalue weighted by Crippen LogP contribution is -2.27. The third-order valence-electron chi connectivity index (χ3n) is 3.21. The van der Waals surface area contributed by atoms with Crippen LogP contribution in [0.25, 0.3) is 0 Å². The summed E-state index contributed by atoms with van der Waals surface area (Å²) in [5, 5.41) is 0. The second-order valence-electron chi connectivity index (χ2n) is 6.37. The second-order valence-corrected chi connectivity index (χ2v) is 11.9. The third-order valence-corrected chi connectivity index (χ3v) is 4.89. The highest BCUT2D eigenvalue weighted by molar-refractivity contribution is 6.76. The molecule has 1 aromatic rings. The molecule has 2 unspecified atom stereocenters. The van der Waals surface area contributed by atoms with Crippen molar-refractivity contribution in [3.05, 3.63) is 35.9 Å². The molecule has 0 bridgehead atoms. The molecule has 0 aliphatic carbocycles. The summed E-state index contributed by atoms with van der Waals surface area (Å²) in [5.41, 5.74) is 0.934. The maximum absolute atomic E-state index is 5.61. The summed E-state index contributed by atoms with van der Waals surface area (Å²) in [7, 11) is -1.09. The van der Waals surface area contributed by atoms with Gasteiger partial charge in [-0.25, -0.2) is 9.78 Å². The monoisotopic (exact) mass is 250 g/mol.